The average molecular weight is 201 g/mol. The molecule has 0 unspecified atom stereocenters. The first-order valence-corrected chi connectivity index (χ1v) is 4.32. The normalized spacial score (nSPS) is 17.3. The first-order valence-electron chi connectivity index (χ1n) is 4.32. The molecular weight excluding hydrogens is 194 g/mol. The maximum atomic E-state index is 11.8. The van der Waals surface area contributed by atoms with E-state index in [1.165, 1.54) is 19.2 Å². The molecule has 0 N–H and O–H groups in total. The molecule has 2 rings (SSSR count). The molecule has 15 heavy (non-hydrogen) atoms. The monoisotopic (exact) mass is 201 g/mol. The molecule has 0 saturated heterocycles. The Morgan fingerprint density at radius 2 is 1.67 bits per heavy atom. The highest BCUT2D eigenvalue weighted by atomic mass is 16.5. The number of benzene rings is 1. The molecule has 0 spiro atoms. The molecule has 0 bridgehead atoms. The molecule has 0 aromatic heterocycles. The number of methoxy groups -OCH3 is 1. The van der Waals surface area contributed by atoms with Gasteiger partial charge in [0.15, 0.2) is 0 Å². The second-order valence-corrected chi connectivity index (χ2v) is 3.20. The minimum Gasteiger partial charge on any atom is -0.350 e. The van der Waals surface area contributed by atoms with Crippen LogP contribution in [0.3, 0.4) is 0 Å². The van der Waals surface area contributed by atoms with Crippen molar-refractivity contribution in [3.05, 3.63) is 35.4 Å². The Balaban J connectivity index is 2.70. The summed E-state index contributed by atoms with van der Waals surface area (Å²) in [5.74, 6) is -1.15. The van der Waals surface area contributed by atoms with Gasteiger partial charge in [0.05, 0.1) is 0 Å². The lowest BCUT2D eigenvalue weighted by Crippen LogP contribution is -2.41. The molecule has 0 amide bonds. The van der Waals surface area contributed by atoms with E-state index < -0.39 is 17.2 Å². The van der Waals surface area contributed by atoms with Crippen molar-refractivity contribution < 1.29 is 14.3 Å². The zero-order chi connectivity index (χ0) is 11.1. The summed E-state index contributed by atoms with van der Waals surface area (Å²) in [7, 11) is 1.19. The standard InChI is InChI=1S/C11H7NO3/c1-15-11(6-12)9(13)7-4-2-3-5-8(7)10(11)14/h2-5H,1H3. The third-order valence-electron chi connectivity index (χ3n) is 2.52. The SMILES string of the molecule is COC1(C#N)C(=O)c2ccccc2C1=O. The van der Waals surface area contributed by atoms with Gasteiger partial charge in [-0.1, -0.05) is 24.3 Å². The Morgan fingerprint density at radius 1 is 1.20 bits per heavy atom. The molecule has 0 aliphatic heterocycles. The fraction of sp³-hybridized carbons (Fsp3) is 0.182. The molecule has 1 aromatic carbocycles. The van der Waals surface area contributed by atoms with Crippen LogP contribution in [-0.4, -0.2) is 24.3 Å². The Morgan fingerprint density at radius 3 is 2.00 bits per heavy atom. The van der Waals surface area contributed by atoms with Gasteiger partial charge in [0.2, 0.25) is 11.6 Å². The number of carbonyl (C=O) groups is 2. The van der Waals surface area contributed by atoms with Crippen molar-refractivity contribution in [2.24, 2.45) is 0 Å². The summed E-state index contributed by atoms with van der Waals surface area (Å²) in [6.45, 7) is 0. The van der Waals surface area contributed by atoms with Gasteiger partial charge in [-0.05, 0) is 0 Å². The van der Waals surface area contributed by atoms with Crippen molar-refractivity contribution in [1.82, 2.24) is 0 Å². The number of nitrogens with zero attached hydrogens (tertiary/aromatic N) is 1. The summed E-state index contributed by atoms with van der Waals surface area (Å²) in [6, 6.07) is 7.99. The molecule has 0 saturated carbocycles. The van der Waals surface area contributed by atoms with Crippen LogP contribution >= 0.6 is 0 Å². The van der Waals surface area contributed by atoms with Gasteiger partial charge in [0, 0.05) is 18.2 Å². The summed E-state index contributed by atoms with van der Waals surface area (Å²) in [4.78, 5) is 23.6. The second-order valence-electron chi connectivity index (χ2n) is 3.20. The van der Waals surface area contributed by atoms with Crippen molar-refractivity contribution >= 4 is 11.6 Å². The summed E-state index contributed by atoms with van der Waals surface area (Å²) >= 11 is 0. The zero-order valence-corrected chi connectivity index (χ0v) is 7.98. The summed E-state index contributed by atoms with van der Waals surface area (Å²) in [5, 5.41) is 8.91. The van der Waals surface area contributed by atoms with Crippen molar-refractivity contribution in [3.63, 3.8) is 0 Å². The van der Waals surface area contributed by atoms with Crippen LogP contribution in [0.1, 0.15) is 20.7 Å². The van der Waals surface area contributed by atoms with E-state index in [0.717, 1.165) is 0 Å². The molecule has 1 aromatic rings. The number of fused-ring (bicyclic) bond motifs is 1. The van der Waals surface area contributed by atoms with Crippen LogP contribution in [0.5, 0.6) is 0 Å². The molecule has 4 nitrogen and oxygen atoms in total. The molecule has 4 heteroatoms. The van der Waals surface area contributed by atoms with E-state index in [9.17, 15) is 9.59 Å². The van der Waals surface area contributed by atoms with Gasteiger partial charge in [0.25, 0.3) is 5.60 Å². The first kappa shape index (κ1) is 9.56. The topological polar surface area (TPSA) is 67.2 Å². The van der Waals surface area contributed by atoms with Crippen LogP contribution in [0, 0.1) is 11.3 Å². The molecule has 0 heterocycles. The van der Waals surface area contributed by atoms with Gasteiger partial charge in [-0.25, -0.2) is 0 Å². The van der Waals surface area contributed by atoms with E-state index in [4.69, 9.17) is 10.00 Å². The highest BCUT2D eigenvalue weighted by Crippen LogP contribution is 2.31. The number of hydrogen-bond donors (Lipinski definition) is 0. The number of carbonyl (C=O) groups excluding carboxylic acids is 2. The highest BCUT2D eigenvalue weighted by molar-refractivity contribution is 6.33. The van der Waals surface area contributed by atoms with Gasteiger partial charge in [-0.3, -0.25) is 9.59 Å². The molecule has 0 radical (unpaired) electrons. The largest absolute Gasteiger partial charge is 0.350 e. The van der Waals surface area contributed by atoms with Crippen LogP contribution in [0.25, 0.3) is 0 Å². The quantitative estimate of drug-likeness (QED) is 0.635. The molecular formula is C11H7NO3. The van der Waals surface area contributed by atoms with Gasteiger partial charge < -0.3 is 4.74 Å². The fourth-order valence-corrected chi connectivity index (χ4v) is 1.69. The minimum absolute atomic E-state index is 0.255. The first-order chi connectivity index (χ1) is 7.17. The van der Waals surface area contributed by atoms with Crippen molar-refractivity contribution in [3.8, 4) is 6.07 Å². The number of ketones is 2. The van der Waals surface area contributed by atoms with E-state index >= 15 is 0 Å². The van der Waals surface area contributed by atoms with E-state index in [0.29, 0.717) is 0 Å². The Bertz CT molecular complexity index is 464. The molecule has 0 atom stereocenters. The fourth-order valence-electron chi connectivity index (χ4n) is 1.69. The smallest absolute Gasteiger partial charge is 0.280 e. The lowest BCUT2D eigenvalue weighted by Gasteiger charge is -2.13. The minimum atomic E-state index is -1.97. The van der Waals surface area contributed by atoms with E-state index in [-0.39, 0.29) is 11.1 Å². The zero-order valence-electron chi connectivity index (χ0n) is 7.98. The van der Waals surface area contributed by atoms with Gasteiger partial charge >= 0.3 is 0 Å². The van der Waals surface area contributed by atoms with E-state index in [1.54, 1.807) is 18.2 Å². The Kier molecular flexibility index (Phi) is 1.92. The Labute approximate surface area is 86.1 Å². The molecule has 1 aliphatic carbocycles. The predicted molar refractivity (Wildman–Crippen MR) is 50.5 cm³/mol. The molecule has 1 aliphatic rings. The van der Waals surface area contributed by atoms with E-state index in [1.807, 2.05) is 0 Å². The number of rotatable bonds is 1. The number of ether oxygens (including phenoxy) is 1. The molecule has 0 fully saturated rings. The van der Waals surface area contributed by atoms with Crippen LogP contribution in [0.2, 0.25) is 0 Å². The highest BCUT2D eigenvalue weighted by Gasteiger charge is 2.54. The predicted octanol–water partition coefficient (Wildman–Crippen LogP) is 0.974. The second kappa shape index (κ2) is 3.01. The third-order valence-corrected chi connectivity index (χ3v) is 2.52. The van der Waals surface area contributed by atoms with Crippen molar-refractivity contribution in [1.29, 1.82) is 5.26 Å². The molecule has 74 valence electrons. The summed E-state index contributed by atoms with van der Waals surface area (Å²) in [5.41, 5.74) is -1.46. The maximum Gasteiger partial charge on any atom is 0.280 e. The van der Waals surface area contributed by atoms with Crippen molar-refractivity contribution in [2.75, 3.05) is 7.11 Å². The van der Waals surface area contributed by atoms with Gasteiger partial charge in [-0.15, -0.1) is 0 Å². The third kappa shape index (κ3) is 0.982. The summed E-state index contributed by atoms with van der Waals surface area (Å²) in [6.07, 6.45) is 0. The number of Topliss-reactive ketones (excluding diaryl/α,β-unsaturated/α-hetero) is 2. The Hall–Kier alpha value is -1.99. The van der Waals surface area contributed by atoms with Gasteiger partial charge in [-0.2, -0.15) is 5.26 Å². The maximum absolute atomic E-state index is 11.8. The lowest BCUT2D eigenvalue weighted by molar-refractivity contribution is 0.0337. The number of nitriles is 1. The van der Waals surface area contributed by atoms with E-state index in [2.05, 4.69) is 0 Å². The average Bonchev–Trinajstić information content (AvgIpc) is 2.51. The van der Waals surface area contributed by atoms with Gasteiger partial charge in [0.1, 0.15) is 6.07 Å². The summed E-state index contributed by atoms with van der Waals surface area (Å²) < 4.78 is 4.79. The van der Waals surface area contributed by atoms with Crippen LogP contribution in [-0.2, 0) is 4.74 Å². The van der Waals surface area contributed by atoms with Crippen LogP contribution < -0.4 is 0 Å². The van der Waals surface area contributed by atoms with Crippen molar-refractivity contribution in [2.45, 2.75) is 5.60 Å². The van der Waals surface area contributed by atoms with Crippen LogP contribution in [0.4, 0.5) is 0 Å². The van der Waals surface area contributed by atoms with Crippen LogP contribution in [0.15, 0.2) is 24.3 Å². The lowest BCUT2D eigenvalue weighted by atomic mass is 10.00. The number of hydrogen-bond acceptors (Lipinski definition) is 4.